The summed E-state index contributed by atoms with van der Waals surface area (Å²) < 4.78 is 31.9. The number of benzene rings is 2. The number of ether oxygens (including phenoxy) is 1. The number of carbonyl (C=O) groups is 1. The van der Waals surface area contributed by atoms with E-state index in [0.29, 0.717) is 5.75 Å². The summed E-state index contributed by atoms with van der Waals surface area (Å²) in [5.41, 5.74) is 1.89. The van der Waals surface area contributed by atoms with Gasteiger partial charge in [0.25, 0.3) is 10.0 Å². The monoisotopic (exact) mass is 369 g/mol. The number of nitrogens with zero attached hydrogens (tertiary/aromatic N) is 1. The fourth-order valence-corrected chi connectivity index (χ4v) is 3.99. The Hall–Kier alpha value is -2.86. The highest BCUT2D eigenvalue weighted by Crippen LogP contribution is 2.19. The van der Waals surface area contributed by atoms with Gasteiger partial charge in [0, 0.05) is 12.6 Å². The Bertz CT molecular complexity index is 1020. The Labute approximate surface area is 152 Å². The molecule has 0 aliphatic heterocycles. The van der Waals surface area contributed by atoms with Gasteiger partial charge in [-0.05, 0) is 48.9 Å². The maximum Gasteiger partial charge on any atom is 0.268 e. The molecule has 5 nitrogen and oxygen atoms in total. The van der Waals surface area contributed by atoms with Gasteiger partial charge in [-0.3, -0.25) is 4.79 Å². The second-order valence-electron chi connectivity index (χ2n) is 5.96. The van der Waals surface area contributed by atoms with Crippen molar-refractivity contribution in [3.63, 3.8) is 0 Å². The third-order valence-electron chi connectivity index (χ3n) is 4.10. The van der Waals surface area contributed by atoms with Gasteiger partial charge in [0.2, 0.25) is 0 Å². The average molecular weight is 369 g/mol. The molecule has 0 saturated carbocycles. The van der Waals surface area contributed by atoms with Crippen LogP contribution in [-0.2, 0) is 16.4 Å². The van der Waals surface area contributed by atoms with E-state index in [4.69, 9.17) is 4.74 Å². The second-order valence-corrected chi connectivity index (χ2v) is 7.77. The fraction of sp³-hybridized carbons (Fsp3) is 0.150. The highest BCUT2D eigenvalue weighted by Gasteiger charge is 2.22. The van der Waals surface area contributed by atoms with E-state index in [1.54, 1.807) is 61.7 Å². The summed E-state index contributed by atoms with van der Waals surface area (Å²) in [4.78, 5) is 12.8. The van der Waals surface area contributed by atoms with Crippen molar-refractivity contribution in [1.82, 2.24) is 3.97 Å². The van der Waals surface area contributed by atoms with Crippen LogP contribution in [0.3, 0.4) is 0 Å². The molecule has 0 N–H and O–H groups in total. The lowest BCUT2D eigenvalue weighted by Gasteiger charge is -2.10. The highest BCUT2D eigenvalue weighted by molar-refractivity contribution is 7.90. The Kier molecular flexibility index (Phi) is 4.95. The number of aromatic nitrogens is 1. The van der Waals surface area contributed by atoms with Gasteiger partial charge < -0.3 is 4.74 Å². The third kappa shape index (κ3) is 3.55. The summed E-state index contributed by atoms with van der Waals surface area (Å²) in [6, 6.07) is 16.8. The van der Waals surface area contributed by atoms with Crippen LogP contribution >= 0.6 is 0 Å². The fourth-order valence-electron chi connectivity index (χ4n) is 2.63. The SMILES string of the molecule is COc1ccc(CC(=O)c2cccn2S(=O)(=O)c2ccc(C)cc2)cc1. The van der Waals surface area contributed by atoms with Gasteiger partial charge in [-0.2, -0.15) is 0 Å². The van der Waals surface area contributed by atoms with Gasteiger partial charge in [0.15, 0.2) is 5.78 Å². The minimum atomic E-state index is -3.82. The van der Waals surface area contributed by atoms with E-state index in [2.05, 4.69) is 0 Å². The van der Waals surface area contributed by atoms with Gasteiger partial charge in [0.1, 0.15) is 11.4 Å². The van der Waals surface area contributed by atoms with Gasteiger partial charge >= 0.3 is 0 Å². The van der Waals surface area contributed by atoms with Gasteiger partial charge in [-0.15, -0.1) is 0 Å². The topological polar surface area (TPSA) is 65.4 Å². The molecule has 0 aliphatic carbocycles. The lowest BCUT2D eigenvalue weighted by molar-refractivity contribution is 0.0987. The Balaban J connectivity index is 1.89. The minimum Gasteiger partial charge on any atom is -0.497 e. The molecule has 3 rings (SSSR count). The number of Topliss-reactive ketones (excluding diaryl/α,β-unsaturated/α-hetero) is 1. The van der Waals surface area contributed by atoms with Crippen LogP contribution in [0.25, 0.3) is 0 Å². The zero-order valence-electron chi connectivity index (χ0n) is 14.5. The second kappa shape index (κ2) is 7.17. The normalized spacial score (nSPS) is 11.3. The molecule has 26 heavy (non-hydrogen) atoms. The van der Waals surface area contributed by atoms with Crippen LogP contribution in [0.1, 0.15) is 21.6 Å². The molecule has 1 aromatic heterocycles. The first kappa shape index (κ1) is 17.9. The van der Waals surface area contributed by atoms with Crippen molar-refractivity contribution < 1.29 is 17.9 Å². The van der Waals surface area contributed by atoms with E-state index in [-0.39, 0.29) is 22.8 Å². The van der Waals surface area contributed by atoms with E-state index >= 15 is 0 Å². The Morgan fingerprint density at radius 1 is 1.00 bits per heavy atom. The largest absolute Gasteiger partial charge is 0.497 e. The van der Waals surface area contributed by atoms with Crippen LogP contribution in [0, 0.1) is 6.92 Å². The number of carbonyl (C=O) groups excluding carboxylic acids is 1. The van der Waals surface area contributed by atoms with Crippen molar-refractivity contribution in [3.05, 3.63) is 83.7 Å². The Morgan fingerprint density at radius 2 is 1.65 bits per heavy atom. The molecule has 0 spiro atoms. The average Bonchev–Trinajstić information content (AvgIpc) is 3.13. The molecular formula is C20H19NO4S. The molecular weight excluding hydrogens is 350 g/mol. The lowest BCUT2D eigenvalue weighted by Crippen LogP contribution is -2.18. The predicted molar refractivity (Wildman–Crippen MR) is 99.2 cm³/mol. The quantitative estimate of drug-likeness (QED) is 0.624. The van der Waals surface area contributed by atoms with Gasteiger partial charge in [-0.1, -0.05) is 29.8 Å². The highest BCUT2D eigenvalue weighted by atomic mass is 32.2. The molecule has 0 atom stereocenters. The van der Waals surface area contributed by atoms with E-state index in [0.717, 1.165) is 15.1 Å². The summed E-state index contributed by atoms with van der Waals surface area (Å²) >= 11 is 0. The third-order valence-corrected chi connectivity index (χ3v) is 5.80. The maximum atomic E-state index is 12.9. The molecule has 0 unspecified atom stereocenters. The van der Waals surface area contributed by atoms with Crippen molar-refractivity contribution >= 4 is 15.8 Å². The molecule has 134 valence electrons. The summed E-state index contributed by atoms with van der Waals surface area (Å²) in [5.74, 6) is 0.433. The van der Waals surface area contributed by atoms with Gasteiger partial charge in [-0.25, -0.2) is 12.4 Å². The zero-order valence-corrected chi connectivity index (χ0v) is 15.4. The first-order chi connectivity index (χ1) is 12.4. The van der Waals surface area contributed by atoms with Crippen LogP contribution in [0.4, 0.5) is 0 Å². The lowest BCUT2D eigenvalue weighted by atomic mass is 10.1. The number of aryl methyl sites for hydroxylation is 1. The molecule has 0 bridgehead atoms. The minimum absolute atomic E-state index is 0.109. The van der Waals surface area contributed by atoms with Crippen LogP contribution in [0.15, 0.2) is 71.8 Å². The van der Waals surface area contributed by atoms with Crippen molar-refractivity contribution in [3.8, 4) is 5.75 Å². The molecule has 0 fully saturated rings. The van der Waals surface area contributed by atoms with Crippen molar-refractivity contribution in [1.29, 1.82) is 0 Å². The molecule has 0 aliphatic rings. The number of ketones is 1. The predicted octanol–water partition coefficient (Wildman–Crippen LogP) is 3.47. The molecule has 2 aromatic carbocycles. The van der Waals surface area contributed by atoms with Crippen molar-refractivity contribution in [2.75, 3.05) is 7.11 Å². The molecule has 0 amide bonds. The van der Waals surface area contributed by atoms with E-state index < -0.39 is 10.0 Å². The molecule has 0 saturated heterocycles. The molecule has 1 heterocycles. The summed E-state index contributed by atoms with van der Waals surface area (Å²) in [5, 5.41) is 0. The number of rotatable bonds is 6. The Morgan fingerprint density at radius 3 is 2.27 bits per heavy atom. The summed E-state index contributed by atoms with van der Waals surface area (Å²) in [6.45, 7) is 1.88. The molecule has 0 radical (unpaired) electrons. The zero-order chi connectivity index (χ0) is 18.7. The van der Waals surface area contributed by atoms with Crippen molar-refractivity contribution in [2.24, 2.45) is 0 Å². The standard InChI is InChI=1S/C20H19NO4S/c1-15-5-11-18(12-6-15)26(23,24)21-13-3-4-19(21)20(22)14-16-7-9-17(25-2)10-8-16/h3-13H,14H2,1-2H3. The van der Waals surface area contributed by atoms with E-state index in [1.807, 2.05) is 6.92 Å². The van der Waals surface area contributed by atoms with Crippen LogP contribution in [0.2, 0.25) is 0 Å². The number of methoxy groups -OCH3 is 1. The molecule has 3 aromatic rings. The van der Waals surface area contributed by atoms with Crippen LogP contribution in [-0.4, -0.2) is 25.3 Å². The first-order valence-corrected chi connectivity index (χ1v) is 9.51. The van der Waals surface area contributed by atoms with E-state index in [1.165, 1.54) is 12.3 Å². The number of hydrogen-bond acceptors (Lipinski definition) is 4. The maximum absolute atomic E-state index is 12.9. The summed E-state index contributed by atoms with van der Waals surface area (Å²) in [7, 11) is -2.24. The van der Waals surface area contributed by atoms with Gasteiger partial charge in [0.05, 0.1) is 12.0 Å². The number of hydrogen-bond donors (Lipinski definition) is 0. The summed E-state index contributed by atoms with van der Waals surface area (Å²) in [6.07, 6.45) is 1.51. The van der Waals surface area contributed by atoms with Crippen molar-refractivity contribution in [2.45, 2.75) is 18.2 Å². The smallest absolute Gasteiger partial charge is 0.268 e. The van der Waals surface area contributed by atoms with E-state index in [9.17, 15) is 13.2 Å². The first-order valence-electron chi connectivity index (χ1n) is 8.07. The van der Waals surface area contributed by atoms with Crippen LogP contribution < -0.4 is 4.74 Å². The van der Waals surface area contributed by atoms with Crippen LogP contribution in [0.5, 0.6) is 5.75 Å². The molecule has 6 heteroatoms.